The Labute approximate surface area is 173 Å². The van der Waals surface area contributed by atoms with Gasteiger partial charge in [-0.25, -0.2) is 8.42 Å². The predicted molar refractivity (Wildman–Crippen MR) is 116 cm³/mol. The van der Waals surface area contributed by atoms with Gasteiger partial charge in [-0.1, -0.05) is 48.0 Å². The van der Waals surface area contributed by atoms with Crippen LogP contribution in [0.1, 0.15) is 23.6 Å². The summed E-state index contributed by atoms with van der Waals surface area (Å²) >= 11 is 0. The first-order chi connectivity index (χ1) is 13.8. The number of nitrogens with zero attached hydrogens (tertiary/aromatic N) is 2. The third-order valence-corrected chi connectivity index (χ3v) is 7.28. The largest absolute Gasteiger partial charge is 0.324 e. The van der Waals surface area contributed by atoms with Crippen molar-refractivity contribution >= 4 is 21.6 Å². The monoisotopic (exact) mass is 415 g/mol. The molecule has 6 nitrogen and oxygen atoms in total. The zero-order chi connectivity index (χ0) is 21.0. The lowest BCUT2D eigenvalue weighted by Gasteiger charge is -2.36. The van der Waals surface area contributed by atoms with Crippen molar-refractivity contribution in [3.8, 4) is 0 Å². The summed E-state index contributed by atoms with van der Waals surface area (Å²) in [5.41, 5.74) is 3.79. The lowest BCUT2D eigenvalue weighted by Crippen LogP contribution is -2.54. The minimum atomic E-state index is -3.36. The molecule has 1 atom stereocenters. The van der Waals surface area contributed by atoms with E-state index in [-0.39, 0.29) is 17.7 Å². The molecule has 1 saturated heterocycles. The molecule has 3 rings (SSSR count). The van der Waals surface area contributed by atoms with Crippen molar-refractivity contribution < 1.29 is 13.2 Å². The van der Waals surface area contributed by atoms with E-state index in [1.165, 1.54) is 4.31 Å². The molecule has 1 fully saturated rings. The lowest BCUT2D eigenvalue weighted by molar-refractivity contribution is -0.121. The zero-order valence-electron chi connectivity index (χ0n) is 17.3. The lowest BCUT2D eigenvalue weighted by atomic mass is 10.1. The molecule has 1 amide bonds. The van der Waals surface area contributed by atoms with E-state index in [9.17, 15) is 13.2 Å². The van der Waals surface area contributed by atoms with Crippen LogP contribution in [0.3, 0.4) is 0 Å². The van der Waals surface area contributed by atoms with Crippen LogP contribution in [-0.2, 0) is 20.6 Å². The minimum Gasteiger partial charge on any atom is -0.324 e. The number of nitrogens with one attached hydrogen (secondary N) is 1. The van der Waals surface area contributed by atoms with Crippen molar-refractivity contribution in [1.29, 1.82) is 0 Å². The molecule has 0 aromatic heterocycles. The number of amides is 1. The molecule has 0 spiro atoms. The first-order valence-corrected chi connectivity index (χ1v) is 11.5. The number of aryl methyl sites for hydroxylation is 2. The van der Waals surface area contributed by atoms with Crippen molar-refractivity contribution in [2.45, 2.75) is 32.6 Å². The van der Waals surface area contributed by atoms with E-state index in [0.29, 0.717) is 26.2 Å². The number of hydrogen-bond donors (Lipinski definition) is 1. The Hall–Kier alpha value is -2.22. The summed E-state index contributed by atoms with van der Waals surface area (Å²) in [4.78, 5) is 14.7. The SMILES string of the molecule is Cc1ccc(NC(=O)[C@@H](C)N2CCN(S(=O)(=O)Cc3ccccc3)CC2)c(C)c1. The number of carbonyl (C=O) groups excluding carboxylic acids is 1. The highest BCUT2D eigenvalue weighted by Gasteiger charge is 2.31. The maximum atomic E-state index is 12.7. The molecular weight excluding hydrogens is 386 g/mol. The molecule has 0 radical (unpaired) electrons. The van der Waals surface area contributed by atoms with E-state index in [2.05, 4.69) is 5.32 Å². The fourth-order valence-corrected chi connectivity index (χ4v) is 5.12. The molecule has 0 bridgehead atoms. The summed E-state index contributed by atoms with van der Waals surface area (Å²) in [7, 11) is -3.36. The predicted octanol–water partition coefficient (Wildman–Crippen LogP) is 2.78. The Balaban J connectivity index is 1.56. The highest BCUT2D eigenvalue weighted by molar-refractivity contribution is 7.88. The molecule has 0 saturated carbocycles. The smallest absolute Gasteiger partial charge is 0.241 e. The van der Waals surface area contributed by atoms with Crippen molar-refractivity contribution in [2.75, 3.05) is 31.5 Å². The van der Waals surface area contributed by atoms with E-state index >= 15 is 0 Å². The van der Waals surface area contributed by atoms with Gasteiger partial charge in [0.15, 0.2) is 0 Å². The van der Waals surface area contributed by atoms with Crippen LogP contribution in [0.4, 0.5) is 5.69 Å². The van der Waals surface area contributed by atoms with Gasteiger partial charge in [-0.15, -0.1) is 0 Å². The molecule has 2 aromatic carbocycles. The average Bonchev–Trinajstić information content (AvgIpc) is 2.70. The molecule has 0 unspecified atom stereocenters. The van der Waals surface area contributed by atoms with Gasteiger partial charge in [0.05, 0.1) is 11.8 Å². The number of sulfonamides is 1. The number of anilines is 1. The summed E-state index contributed by atoms with van der Waals surface area (Å²) in [5.74, 6) is -0.0612. The quantitative estimate of drug-likeness (QED) is 0.788. The van der Waals surface area contributed by atoms with E-state index in [0.717, 1.165) is 22.4 Å². The van der Waals surface area contributed by atoms with Gasteiger partial charge < -0.3 is 5.32 Å². The molecule has 1 aliphatic rings. The average molecular weight is 416 g/mol. The Morgan fingerprint density at radius 2 is 1.69 bits per heavy atom. The summed E-state index contributed by atoms with van der Waals surface area (Å²) in [6.07, 6.45) is 0. The standard InChI is InChI=1S/C22H29N3O3S/c1-17-9-10-21(18(2)15-17)23-22(26)19(3)24-11-13-25(14-12-24)29(27,28)16-20-7-5-4-6-8-20/h4-10,15,19H,11-14,16H2,1-3H3,(H,23,26)/t19-/m1/s1. The molecule has 7 heteroatoms. The molecule has 29 heavy (non-hydrogen) atoms. The highest BCUT2D eigenvalue weighted by atomic mass is 32.2. The van der Waals surface area contributed by atoms with E-state index in [4.69, 9.17) is 0 Å². The van der Waals surface area contributed by atoms with Gasteiger partial charge in [0.1, 0.15) is 0 Å². The van der Waals surface area contributed by atoms with E-state index in [1.807, 2.05) is 74.2 Å². The summed E-state index contributed by atoms with van der Waals surface area (Å²) in [5, 5.41) is 3.00. The maximum Gasteiger partial charge on any atom is 0.241 e. The van der Waals surface area contributed by atoms with Gasteiger partial charge >= 0.3 is 0 Å². The first-order valence-electron chi connectivity index (χ1n) is 9.90. The van der Waals surface area contributed by atoms with Crippen LogP contribution in [0.2, 0.25) is 0 Å². The highest BCUT2D eigenvalue weighted by Crippen LogP contribution is 2.18. The fraction of sp³-hybridized carbons (Fsp3) is 0.409. The molecule has 156 valence electrons. The Morgan fingerprint density at radius 3 is 2.31 bits per heavy atom. The van der Waals surface area contributed by atoms with E-state index in [1.54, 1.807) is 0 Å². The van der Waals surface area contributed by atoms with Crippen LogP contribution in [-0.4, -0.2) is 55.8 Å². The summed E-state index contributed by atoms with van der Waals surface area (Å²) in [6, 6.07) is 14.8. The summed E-state index contributed by atoms with van der Waals surface area (Å²) < 4.78 is 26.9. The van der Waals surface area contributed by atoms with Crippen LogP contribution >= 0.6 is 0 Å². The molecule has 1 aliphatic heterocycles. The van der Waals surface area contributed by atoms with Crippen molar-refractivity contribution in [3.05, 3.63) is 65.2 Å². The Morgan fingerprint density at radius 1 is 1.03 bits per heavy atom. The molecule has 2 aromatic rings. The van der Waals surface area contributed by atoms with E-state index < -0.39 is 10.0 Å². The molecule has 0 aliphatic carbocycles. The van der Waals surface area contributed by atoms with Gasteiger partial charge in [-0.2, -0.15) is 4.31 Å². The fourth-order valence-electron chi connectivity index (χ4n) is 3.60. The van der Waals surface area contributed by atoms with Crippen LogP contribution in [0.15, 0.2) is 48.5 Å². The second-order valence-corrected chi connectivity index (χ2v) is 9.63. The first kappa shape index (κ1) is 21.5. The second kappa shape index (κ2) is 9.07. The van der Waals surface area contributed by atoms with Gasteiger partial charge in [0.2, 0.25) is 15.9 Å². The Bertz CT molecular complexity index is 953. The number of piperazine rings is 1. The number of hydrogen-bond acceptors (Lipinski definition) is 4. The Kier molecular flexibility index (Phi) is 6.72. The summed E-state index contributed by atoms with van der Waals surface area (Å²) in [6.45, 7) is 7.74. The number of benzene rings is 2. The molecule has 1 heterocycles. The number of carbonyl (C=O) groups is 1. The van der Waals surface area contributed by atoms with Gasteiger partial charge in [-0.3, -0.25) is 9.69 Å². The molecule has 1 N–H and O–H groups in total. The minimum absolute atomic E-state index is 0.0105. The van der Waals surface area contributed by atoms with Crippen LogP contribution in [0.25, 0.3) is 0 Å². The van der Waals surface area contributed by atoms with Crippen molar-refractivity contribution in [2.24, 2.45) is 0 Å². The van der Waals surface area contributed by atoms with Gasteiger partial charge in [0.25, 0.3) is 0 Å². The number of rotatable bonds is 6. The third kappa shape index (κ3) is 5.44. The normalized spacial score (nSPS) is 17.1. The maximum absolute atomic E-state index is 12.7. The van der Waals surface area contributed by atoms with Crippen molar-refractivity contribution in [1.82, 2.24) is 9.21 Å². The van der Waals surface area contributed by atoms with Gasteiger partial charge in [-0.05, 0) is 38.0 Å². The van der Waals surface area contributed by atoms with Gasteiger partial charge in [0, 0.05) is 31.9 Å². The van der Waals surface area contributed by atoms with Crippen LogP contribution < -0.4 is 5.32 Å². The molecular formula is C22H29N3O3S. The zero-order valence-corrected chi connectivity index (χ0v) is 18.1. The van der Waals surface area contributed by atoms with Crippen LogP contribution in [0, 0.1) is 13.8 Å². The van der Waals surface area contributed by atoms with Crippen LogP contribution in [0.5, 0.6) is 0 Å². The second-order valence-electron chi connectivity index (χ2n) is 7.66. The van der Waals surface area contributed by atoms with Crippen molar-refractivity contribution in [3.63, 3.8) is 0 Å². The topological polar surface area (TPSA) is 69.7 Å². The third-order valence-electron chi connectivity index (χ3n) is 5.43.